The van der Waals surface area contributed by atoms with Crippen LogP contribution in [-0.4, -0.2) is 79.5 Å². The summed E-state index contributed by atoms with van der Waals surface area (Å²) >= 11 is 3.72. The van der Waals surface area contributed by atoms with Crippen molar-refractivity contribution in [3.05, 3.63) is 0 Å². The van der Waals surface area contributed by atoms with Crippen molar-refractivity contribution in [1.82, 2.24) is 0 Å². The molecular weight excluding hydrogens is 420 g/mol. The smallest absolute Gasteiger partial charge is 0.373 e. The molecule has 0 radical (unpaired) electrons. The van der Waals surface area contributed by atoms with Gasteiger partial charge in [-0.05, 0) is 59.5 Å². The van der Waals surface area contributed by atoms with Crippen molar-refractivity contribution in [2.24, 2.45) is 0 Å². The molecule has 0 N–H and O–H groups in total. The minimum absolute atomic E-state index is 0.627. The second-order valence-corrected chi connectivity index (χ2v) is 13.8. The maximum atomic E-state index is 5.89. The van der Waals surface area contributed by atoms with E-state index in [1.165, 1.54) is 0 Å². The highest BCUT2D eigenvalue weighted by atomic mass is 32.2. The van der Waals surface area contributed by atoms with Crippen molar-refractivity contribution < 1.29 is 26.6 Å². The first-order chi connectivity index (χ1) is 13.1. The SMILES string of the molecule is CCO[Si](CSCCCSC[Si](OCC)(OCC)OCC)(OCC)OCC. The number of hydrogen-bond donors (Lipinski definition) is 0. The van der Waals surface area contributed by atoms with E-state index < -0.39 is 17.6 Å². The quantitative estimate of drug-likeness (QED) is 0.199. The Morgan fingerprint density at radius 2 is 0.741 bits per heavy atom. The molecule has 0 aromatic carbocycles. The Balaban J connectivity index is 4.24. The van der Waals surface area contributed by atoms with Gasteiger partial charge in [-0.1, -0.05) is 0 Å². The molecule has 6 nitrogen and oxygen atoms in total. The van der Waals surface area contributed by atoms with Crippen LogP contribution >= 0.6 is 23.5 Å². The predicted molar refractivity (Wildman–Crippen MR) is 121 cm³/mol. The van der Waals surface area contributed by atoms with Gasteiger partial charge in [0.05, 0.1) is 10.8 Å². The third kappa shape index (κ3) is 12.2. The summed E-state index contributed by atoms with van der Waals surface area (Å²) < 4.78 is 35.3. The summed E-state index contributed by atoms with van der Waals surface area (Å²) in [6, 6.07) is 0. The average Bonchev–Trinajstić information content (AvgIpc) is 2.62. The van der Waals surface area contributed by atoms with Crippen molar-refractivity contribution >= 4 is 41.1 Å². The fourth-order valence-electron chi connectivity index (χ4n) is 2.48. The van der Waals surface area contributed by atoms with Crippen molar-refractivity contribution in [3.8, 4) is 0 Å². The average molecular weight is 461 g/mol. The predicted octanol–water partition coefficient (Wildman–Crippen LogP) is 4.02. The molecule has 0 atom stereocenters. The Hall–Kier alpha value is 0.894. The Bertz CT molecular complexity index is 279. The highest BCUT2D eigenvalue weighted by Gasteiger charge is 2.41. The molecule has 10 heteroatoms. The lowest BCUT2D eigenvalue weighted by molar-refractivity contribution is 0.0765. The summed E-state index contributed by atoms with van der Waals surface area (Å²) in [6.07, 6.45) is 1.11. The molecule has 27 heavy (non-hydrogen) atoms. The third-order valence-electron chi connectivity index (χ3n) is 3.32. The van der Waals surface area contributed by atoms with Gasteiger partial charge in [0.15, 0.2) is 0 Å². The lowest BCUT2D eigenvalue weighted by Crippen LogP contribution is -2.49. The van der Waals surface area contributed by atoms with Crippen LogP contribution in [0.1, 0.15) is 48.0 Å². The van der Waals surface area contributed by atoms with E-state index in [1.807, 2.05) is 65.1 Å². The molecule has 0 bridgehead atoms. The lowest BCUT2D eigenvalue weighted by Gasteiger charge is -2.28. The normalized spacial score (nSPS) is 12.7. The largest absolute Gasteiger partial charge is 0.511 e. The summed E-state index contributed by atoms with van der Waals surface area (Å²) in [5.41, 5.74) is 0. The Kier molecular flexibility index (Phi) is 18.3. The van der Waals surface area contributed by atoms with E-state index in [4.69, 9.17) is 26.6 Å². The number of hydrogen-bond acceptors (Lipinski definition) is 8. The first-order valence-electron chi connectivity index (χ1n) is 10.1. The van der Waals surface area contributed by atoms with E-state index in [1.54, 1.807) is 0 Å². The van der Waals surface area contributed by atoms with Gasteiger partial charge < -0.3 is 26.6 Å². The van der Waals surface area contributed by atoms with Crippen LogP contribution in [0.4, 0.5) is 0 Å². The summed E-state index contributed by atoms with van der Waals surface area (Å²) in [4.78, 5) is 0. The topological polar surface area (TPSA) is 55.4 Å². The minimum Gasteiger partial charge on any atom is -0.373 e. The van der Waals surface area contributed by atoms with Crippen LogP contribution in [0.3, 0.4) is 0 Å². The van der Waals surface area contributed by atoms with Crippen molar-refractivity contribution in [1.29, 1.82) is 0 Å². The summed E-state index contributed by atoms with van der Waals surface area (Å²) in [7, 11) is -5.05. The molecule has 0 saturated heterocycles. The second-order valence-electron chi connectivity index (χ2n) is 5.42. The van der Waals surface area contributed by atoms with Crippen LogP contribution in [-0.2, 0) is 26.6 Å². The minimum atomic E-state index is -2.52. The molecule has 0 fully saturated rings. The highest BCUT2D eigenvalue weighted by molar-refractivity contribution is 8.01. The van der Waals surface area contributed by atoms with E-state index >= 15 is 0 Å². The van der Waals surface area contributed by atoms with Gasteiger partial charge in [-0.2, -0.15) is 23.5 Å². The summed E-state index contributed by atoms with van der Waals surface area (Å²) in [6.45, 7) is 15.7. The van der Waals surface area contributed by atoms with E-state index in [0.717, 1.165) is 28.7 Å². The van der Waals surface area contributed by atoms with Gasteiger partial charge in [0, 0.05) is 39.6 Å². The van der Waals surface area contributed by atoms with Crippen LogP contribution < -0.4 is 0 Å². The number of thioether (sulfide) groups is 2. The molecule has 0 rings (SSSR count). The van der Waals surface area contributed by atoms with Gasteiger partial charge in [-0.3, -0.25) is 0 Å². The Morgan fingerprint density at radius 1 is 0.481 bits per heavy atom. The first-order valence-corrected chi connectivity index (χ1v) is 16.2. The summed E-state index contributed by atoms with van der Waals surface area (Å²) in [5, 5.41) is 1.62. The Labute approximate surface area is 177 Å². The van der Waals surface area contributed by atoms with Crippen LogP contribution in [0, 0.1) is 0 Å². The Morgan fingerprint density at radius 3 is 0.963 bits per heavy atom. The van der Waals surface area contributed by atoms with E-state index in [-0.39, 0.29) is 0 Å². The van der Waals surface area contributed by atoms with Gasteiger partial charge in [0.25, 0.3) is 0 Å². The molecule has 0 amide bonds. The summed E-state index contributed by atoms with van der Waals surface area (Å²) in [5.74, 6) is 2.11. The molecule has 0 aliphatic carbocycles. The maximum absolute atomic E-state index is 5.89. The molecule has 0 aliphatic rings. The van der Waals surface area contributed by atoms with Crippen LogP contribution in [0.25, 0.3) is 0 Å². The molecule has 164 valence electrons. The molecule has 0 unspecified atom stereocenters. The van der Waals surface area contributed by atoms with Crippen molar-refractivity contribution in [3.63, 3.8) is 0 Å². The second kappa shape index (κ2) is 17.7. The van der Waals surface area contributed by atoms with Crippen LogP contribution in [0.5, 0.6) is 0 Å². The van der Waals surface area contributed by atoms with Gasteiger partial charge in [-0.15, -0.1) is 0 Å². The molecule has 0 spiro atoms. The molecular formula is C17H40O6S2Si2. The van der Waals surface area contributed by atoms with E-state index in [0.29, 0.717) is 39.6 Å². The van der Waals surface area contributed by atoms with Gasteiger partial charge in [0.1, 0.15) is 0 Å². The number of rotatable bonds is 20. The van der Waals surface area contributed by atoms with Gasteiger partial charge in [-0.25, -0.2) is 0 Å². The van der Waals surface area contributed by atoms with Gasteiger partial charge in [0.2, 0.25) is 0 Å². The molecule has 0 aromatic heterocycles. The fraction of sp³-hybridized carbons (Fsp3) is 1.00. The van der Waals surface area contributed by atoms with Crippen molar-refractivity contribution in [2.45, 2.75) is 48.0 Å². The standard InChI is InChI=1S/C17H40O6S2Si2/c1-7-18-26(19-8-2,20-9-3)16-24-14-13-15-25-17-27(21-10-4,22-11-5)23-12-6/h7-17H2,1-6H3. The zero-order valence-electron chi connectivity index (χ0n) is 18.0. The van der Waals surface area contributed by atoms with Crippen LogP contribution in [0.15, 0.2) is 0 Å². The molecule has 0 aliphatic heterocycles. The van der Waals surface area contributed by atoms with E-state index in [2.05, 4.69) is 0 Å². The lowest BCUT2D eigenvalue weighted by atomic mass is 10.6. The highest BCUT2D eigenvalue weighted by Crippen LogP contribution is 2.21. The fourth-order valence-corrected chi connectivity index (χ4v) is 11.7. The molecule has 0 saturated carbocycles. The maximum Gasteiger partial charge on any atom is 0.511 e. The van der Waals surface area contributed by atoms with E-state index in [9.17, 15) is 0 Å². The monoisotopic (exact) mass is 460 g/mol. The van der Waals surface area contributed by atoms with Crippen molar-refractivity contribution in [2.75, 3.05) is 61.9 Å². The van der Waals surface area contributed by atoms with Gasteiger partial charge >= 0.3 is 17.6 Å². The molecule has 0 heterocycles. The first kappa shape index (κ1) is 27.9. The third-order valence-corrected chi connectivity index (χ3v) is 13.3. The van der Waals surface area contributed by atoms with Crippen LogP contribution in [0.2, 0.25) is 0 Å². The molecule has 0 aromatic rings. The zero-order chi connectivity index (χ0) is 20.4. The zero-order valence-corrected chi connectivity index (χ0v) is 21.7.